The van der Waals surface area contributed by atoms with Crippen molar-refractivity contribution in [3.63, 3.8) is 0 Å². The summed E-state index contributed by atoms with van der Waals surface area (Å²) in [4.78, 5) is 7.87. The van der Waals surface area contributed by atoms with E-state index in [0.29, 0.717) is 17.1 Å². The highest BCUT2D eigenvalue weighted by Crippen LogP contribution is 2.16. The van der Waals surface area contributed by atoms with Gasteiger partial charge in [0.1, 0.15) is 0 Å². The summed E-state index contributed by atoms with van der Waals surface area (Å²) in [6, 6.07) is 0. The molecule has 1 heterocycles. The third kappa shape index (κ3) is 2.16. The lowest BCUT2D eigenvalue weighted by Gasteiger charge is -2.03. The van der Waals surface area contributed by atoms with E-state index < -0.39 is 9.05 Å². The Morgan fingerprint density at radius 1 is 1.00 bits per heavy atom. The van der Waals surface area contributed by atoms with Gasteiger partial charge in [-0.25, -0.2) is 13.4 Å². The van der Waals surface area contributed by atoms with Crippen LogP contribution in [-0.2, 0) is 9.05 Å². The molecule has 0 radical (unpaired) electrons. The maximum absolute atomic E-state index is 11.0. The van der Waals surface area contributed by atoms with Crippen molar-refractivity contribution in [2.75, 3.05) is 0 Å². The minimum atomic E-state index is -3.77. The Morgan fingerprint density at radius 3 is 1.92 bits per heavy atom. The highest BCUT2D eigenvalue weighted by molar-refractivity contribution is 8.13. The van der Waals surface area contributed by atoms with E-state index in [2.05, 4.69) is 9.97 Å². The Bertz CT molecular complexity index is 442. The predicted molar refractivity (Wildman–Crippen MR) is 49.3 cm³/mol. The Kier molecular flexibility index (Phi) is 2.58. The van der Waals surface area contributed by atoms with Crippen molar-refractivity contribution in [2.24, 2.45) is 0 Å². The van der Waals surface area contributed by atoms with Gasteiger partial charge in [-0.1, -0.05) is 0 Å². The summed E-state index contributed by atoms with van der Waals surface area (Å²) in [6.07, 6.45) is 0. The van der Waals surface area contributed by atoms with Gasteiger partial charge in [0.15, 0.2) is 5.03 Å². The van der Waals surface area contributed by atoms with E-state index in [1.54, 1.807) is 20.8 Å². The van der Waals surface area contributed by atoms with Crippen LogP contribution in [0.15, 0.2) is 5.03 Å². The molecule has 0 aliphatic rings. The highest BCUT2D eigenvalue weighted by Gasteiger charge is 2.17. The molecule has 0 spiro atoms. The van der Waals surface area contributed by atoms with Crippen molar-refractivity contribution < 1.29 is 8.42 Å². The molecule has 13 heavy (non-hydrogen) atoms. The molecule has 1 aromatic heterocycles. The SMILES string of the molecule is Cc1nc(C)c(S(=O)(=O)Cl)nc1C. The zero-order valence-corrected chi connectivity index (χ0v) is 9.07. The van der Waals surface area contributed by atoms with Crippen molar-refractivity contribution >= 4 is 19.7 Å². The van der Waals surface area contributed by atoms with E-state index in [9.17, 15) is 8.42 Å². The molecule has 6 heteroatoms. The molecule has 0 atom stereocenters. The van der Waals surface area contributed by atoms with E-state index >= 15 is 0 Å². The molecule has 1 rings (SSSR count). The van der Waals surface area contributed by atoms with Crippen LogP contribution in [0.25, 0.3) is 0 Å². The lowest BCUT2D eigenvalue weighted by Crippen LogP contribution is -2.05. The van der Waals surface area contributed by atoms with Gasteiger partial charge < -0.3 is 0 Å². The smallest absolute Gasteiger partial charge is 0.254 e. The molecule has 0 N–H and O–H groups in total. The summed E-state index contributed by atoms with van der Waals surface area (Å²) < 4.78 is 22.0. The number of rotatable bonds is 1. The molecule has 0 unspecified atom stereocenters. The fourth-order valence-electron chi connectivity index (χ4n) is 0.925. The molecule has 0 aliphatic heterocycles. The van der Waals surface area contributed by atoms with Gasteiger partial charge in [-0.05, 0) is 20.8 Å². The van der Waals surface area contributed by atoms with E-state index in [0.717, 1.165) is 0 Å². The molecule has 0 aromatic carbocycles. The molecule has 0 aliphatic carbocycles. The van der Waals surface area contributed by atoms with E-state index in [-0.39, 0.29) is 5.03 Å². The number of aromatic nitrogens is 2. The maximum Gasteiger partial charge on any atom is 0.280 e. The topological polar surface area (TPSA) is 59.9 Å². The first-order chi connectivity index (χ1) is 5.82. The van der Waals surface area contributed by atoms with Crippen LogP contribution in [0.2, 0.25) is 0 Å². The molecule has 0 fully saturated rings. The van der Waals surface area contributed by atoms with Crippen molar-refractivity contribution in [3.8, 4) is 0 Å². The summed E-state index contributed by atoms with van der Waals surface area (Å²) in [6.45, 7) is 5.02. The van der Waals surface area contributed by atoms with Crippen LogP contribution in [-0.4, -0.2) is 18.4 Å². The third-order valence-corrected chi connectivity index (χ3v) is 2.96. The lowest BCUT2D eigenvalue weighted by molar-refractivity contribution is 0.603. The maximum atomic E-state index is 11.0. The fourth-order valence-corrected chi connectivity index (χ4v) is 2.01. The Balaban J connectivity index is 3.50. The number of hydrogen-bond donors (Lipinski definition) is 0. The van der Waals surface area contributed by atoms with E-state index in [1.165, 1.54) is 0 Å². The number of nitrogens with zero attached hydrogens (tertiary/aromatic N) is 2. The minimum Gasteiger partial charge on any atom is -0.254 e. The van der Waals surface area contributed by atoms with Crippen molar-refractivity contribution in [1.29, 1.82) is 0 Å². The Hall–Kier alpha value is -0.680. The second-order valence-corrected chi connectivity index (χ2v) is 5.20. The first-order valence-electron chi connectivity index (χ1n) is 3.59. The lowest BCUT2D eigenvalue weighted by atomic mass is 10.3. The van der Waals surface area contributed by atoms with Gasteiger partial charge in [0.2, 0.25) is 0 Å². The molecular weight excluding hydrogens is 212 g/mol. The Morgan fingerprint density at radius 2 is 1.46 bits per heavy atom. The van der Waals surface area contributed by atoms with Crippen molar-refractivity contribution in [3.05, 3.63) is 17.1 Å². The average molecular weight is 221 g/mol. The van der Waals surface area contributed by atoms with E-state index in [4.69, 9.17) is 10.7 Å². The molecule has 72 valence electrons. The van der Waals surface area contributed by atoms with Crippen LogP contribution in [0.3, 0.4) is 0 Å². The molecule has 0 saturated carbocycles. The van der Waals surface area contributed by atoms with Crippen molar-refractivity contribution in [2.45, 2.75) is 25.8 Å². The first kappa shape index (κ1) is 10.4. The van der Waals surface area contributed by atoms with Gasteiger partial charge >= 0.3 is 0 Å². The van der Waals surface area contributed by atoms with Gasteiger partial charge in [-0.15, -0.1) is 0 Å². The van der Waals surface area contributed by atoms with Gasteiger partial charge in [0.05, 0.1) is 17.1 Å². The summed E-state index contributed by atoms with van der Waals surface area (Å²) >= 11 is 0. The van der Waals surface area contributed by atoms with Crippen LogP contribution in [0.1, 0.15) is 17.1 Å². The summed E-state index contributed by atoms with van der Waals surface area (Å²) in [5.41, 5.74) is 1.62. The van der Waals surface area contributed by atoms with Gasteiger partial charge in [0.25, 0.3) is 9.05 Å². The van der Waals surface area contributed by atoms with Gasteiger partial charge in [-0.3, -0.25) is 4.98 Å². The molecular formula is C7H9ClN2O2S. The quantitative estimate of drug-likeness (QED) is 0.670. The van der Waals surface area contributed by atoms with Crippen LogP contribution in [0.5, 0.6) is 0 Å². The van der Waals surface area contributed by atoms with Gasteiger partial charge in [0, 0.05) is 10.7 Å². The highest BCUT2D eigenvalue weighted by atomic mass is 35.7. The van der Waals surface area contributed by atoms with Crippen LogP contribution < -0.4 is 0 Å². The summed E-state index contributed by atoms with van der Waals surface area (Å²) in [7, 11) is 1.38. The molecule has 4 nitrogen and oxygen atoms in total. The van der Waals surface area contributed by atoms with Crippen LogP contribution in [0, 0.1) is 20.8 Å². The Labute approximate surface area is 81.4 Å². The first-order valence-corrected chi connectivity index (χ1v) is 5.90. The fraction of sp³-hybridized carbons (Fsp3) is 0.429. The predicted octanol–water partition coefficient (Wildman–Crippen LogP) is 1.33. The zero-order chi connectivity index (χ0) is 10.2. The average Bonchev–Trinajstić information content (AvgIpc) is 1.94. The van der Waals surface area contributed by atoms with Gasteiger partial charge in [-0.2, -0.15) is 0 Å². The number of halogens is 1. The van der Waals surface area contributed by atoms with Crippen molar-refractivity contribution in [1.82, 2.24) is 9.97 Å². The molecule has 1 aromatic rings. The normalized spacial score (nSPS) is 11.7. The standard InChI is InChI=1S/C7H9ClN2O2S/c1-4-5(2)10-7(6(3)9-4)13(8,11)12/h1-3H3. The largest absolute Gasteiger partial charge is 0.280 e. The third-order valence-electron chi connectivity index (χ3n) is 1.67. The molecule has 0 bridgehead atoms. The second kappa shape index (κ2) is 3.23. The molecule has 0 amide bonds. The zero-order valence-electron chi connectivity index (χ0n) is 7.50. The molecule has 0 saturated heterocycles. The second-order valence-electron chi connectivity index (χ2n) is 2.72. The monoisotopic (exact) mass is 220 g/mol. The minimum absolute atomic E-state index is 0.155. The van der Waals surface area contributed by atoms with Crippen LogP contribution >= 0.6 is 10.7 Å². The number of aryl methyl sites for hydroxylation is 3. The van der Waals surface area contributed by atoms with E-state index in [1.807, 2.05) is 0 Å². The summed E-state index contributed by atoms with van der Waals surface area (Å²) in [5.74, 6) is 0. The van der Waals surface area contributed by atoms with Crippen LogP contribution in [0.4, 0.5) is 0 Å². The summed E-state index contributed by atoms with van der Waals surface area (Å²) in [5, 5.41) is -0.155. The number of hydrogen-bond acceptors (Lipinski definition) is 4.